The number of phenols is 2. The predicted molar refractivity (Wildman–Crippen MR) is 76.3 cm³/mol. The van der Waals surface area contributed by atoms with Gasteiger partial charge in [-0.15, -0.1) is 0 Å². The summed E-state index contributed by atoms with van der Waals surface area (Å²) < 4.78 is 0. The molecule has 0 spiro atoms. The van der Waals surface area contributed by atoms with Crippen LogP contribution in [0.25, 0.3) is 0 Å². The van der Waals surface area contributed by atoms with Gasteiger partial charge in [0.25, 0.3) is 5.91 Å². The van der Waals surface area contributed by atoms with Crippen LogP contribution in [0, 0.1) is 0 Å². The normalized spacial score (nSPS) is 10.7. The molecule has 0 heterocycles. The predicted octanol–water partition coefficient (Wildman–Crippen LogP) is 2.52. The number of hydrogen-bond donors (Lipinski definition) is 3. The molecule has 0 unspecified atom stereocenters. The van der Waals surface area contributed by atoms with E-state index in [1.54, 1.807) is 12.1 Å². The molecule has 0 fully saturated rings. The first-order chi connectivity index (χ1) is 9.56. The zero-order valence-electron chi connectivity index (χ0n) is 10.2. The molecule has 2 aromatic rings. The van der Waals surface area contributed by atoms with Crippen LogP contribution in [0.2, 0.25) is 5.02 Å². The fraction of sp³-hybridized carbons (Fsp3) is 0. The van der Waals surface area contributed by atoms with Crippen LogP contribution in [0.5, 0.6) is 11.5 Å². The summed E-state index contributed by atoms with van der Waals surface area (Å²) in [5, 5.41) is 22.8. The monoisotopic (exact) mass is 290 g/mol. The fourth-order valence-corrected chi connectivity index (χ4v) is 1.65. The van der Waals surface area contributed by atoms with E-state index in [4.69, 9.17) is 16.7 Å². The summed E-state index contributed by atoms with van der Waals surface area (Å²) in [6, 6.07) is 10.5. The molecule has 0 bridgehead atoms. The summed E-state index contributed by atoms with van der Waals surface area (Å²) in [7, 11) is 0. The number of nitrogens with zero attached hydrogens (tertiary/aromatic N) is 1. The Kier molecular flexibility index (Phi) is 4.22. The van der Waals surface area contributed by atoms with E-state index in [1.807, 2.05) is 0 Å². The number of aromatic hydroxyl groups is 2. The molecule has 0 atom stereocenters. The molecule has 0 aromatic heterocycles. The van der Waals surface area contributed by atoms with Crippen molar-refractivity contribution in [1.29, 1.82) is 0 Å². The van der Waals surface area contributed by atoms with Crippen LogP contribution >= 0.6 is 11.6 Å². The number of nitrogens with one attached hydrogen (secondary N) is 1. The Labute approximate surface area is 120 Å². The number of hydrogen-bond acceptors (Lipinski definition) is 4. The lowest BCUT2D eigenvalue weighted by molar-refractivity contribution is 0.0952. The van der Waals surface area contributed by atoms with Crippen molar-refractivity contribution in [3.63, 3.8) is 0 Å². The summed E-state index contributed by atoms with van der Waals surface area (Å²) in [6.07, 6.45) is 1.42. The van der Waals surface area contributed by atoms with Crippen LogP contribution in [0.3, 0.4) is 0 Å². The van der Waals surface area contributed by atoms with Gasteiger partial charge >= 0.3 is 0 Å². The third-order valence-electron chi connectivity index (χ3n) is 2.48. The van der Waals surface area contributed by atoms with Crippen molar-refractivity contribution in [3.05, 3.63) is 58.6 Å². The molecule has 0 saturated carbocycles. The molecule has 0 saturated heterocycles. The van der Waals surface area contributed by atoms with Gasteiger partial charge in [0.1, 0.15) is 11.5 Å². The third kappa shape index (κ3) is 3.49. The third-order valence-corrected chi connectivity index (χ3v) is 2.71. The molecule has 5 nitrogen and oxygen atoms in total. The molecule has 1 amide bonds. The number of amides is 1. The Balaban J connectivity index is 2.05. The minimum absolute atomic E-state index is 0.0420. The first kappa shape index (κ1) is 13.9. The van der Waals surface area contributed by atoms with Gasteiger partial charge in [-0.25, -0.2) is 5.43 Å². The lowest BCUT2D eigenvalue weighted by Gasteiger charge is -2.03. The Morgan fingerprint density at radius 1 is 1.15 bits per heavy atom. The summed E-state index contributed by atoms with van der Waals surface area (Å²) in [6.45, 7) is 0. The maximum atomic E-state index is 11.8. The Bertz CT molecular complexity index is 654. The van der Waals surface area contributed by atoms with E-state index in [0.717, 1.165) is 0 Å². The molecule has 0 radical (unpaired) electrons. The van der Waals surface area contributed by atoms with Crippen molar-refractivity contribution >= 4 is 23.7 Å². The number of hydrazone groups is 1. The standard InChI is InChI=1S/C14H11ClN2O3/c15-10-3-6-13(19)12(7-10)14(20)17-16-8-9-1-4-11(18)5-2-9/h1-8,18-19H,(H,17,20). The lowest BCUT2D eigenvalue weighted by Crippen LogP contribution is -2.17. The molecule has 102 valence electrons. The molecular weight excluding hydrogens is 280 g/mol. The molecule has 0 aliphatic heterocycles. The minimum atomic E-state index is -0.569. The van der Waals surface area contributed by atoms with Gasteiger partial charge in [0, 0.05) is 5.02 Å². The zero-order chi connectivity index (χ0) is 14.5. The van der Waals surface area contributed by atoms with Crippen molar-refractivity contribution in [2.24, 2.45) is 5.10 Å². The second-order valence-electron chi connectivity index (χ2n) is 3.95. The highest BCUT2D eigenvalue weighted by molar-refractivity contribution is 6.31. The fourth-order valence-electron chi connectivity index (χ4n) is 1.48. The molecule has 0 aliphatic carbocycles. The average molecular weight is 291 g/mol. The maximum absolute atomic E-state index is 11.8. The van der Waals surface area contributed by atoms with Crippen molar-refractivity contribution < 1.29 is 15.0 Å². The summed E-state index contributed by atoms with van der Waals surface area (Å²) >= 11 is 5.75. The van der Waals surface area contributed by atoms with Crippen LogP contribution in [0.1, 0.15) is 15.9 Å². The van der Waals surface area contributed by atoms with Gasteiger partial charge in [-0.3, -0.25) is 4.79 Å². The van der Waals surface area contributed by atoms with Crippen molar-refractivity contribution in [2.75, 3.05) is 0 Å². The molecule has 2 aromatic carbocycles. The van der Waals surface area contributed by atoms with Crippen LogP contribution < -0.4 is 5.43 Å². The van der Waals surface area contributed by atoms with E-state index in [9.17, 15) is 9.90 Å². The van der Waals surface area contributed by atoms with Gasteiger partial charge in [0.05, 0.1) is 11.8 Å². The van der Waals surface area contributed by atoms with E-state index < -0.39 is 5.91 Å². The number of carbonyl (C=O) groups excluding carboxylic acids is 1. The Morgan fingerprint density at radius 3 is 2.55 bits per heavy atom. The first-order valence-corrected chi connectivity index (χ1v) is 6.05. The number of halogens is 1. The van der Waals surface area contributed by atoms with Crippen molar-refractivity contribution in [1.82, 2.24) is 5.43 Å². The SMILES string of the molecule is O=C(NN=Cc1ccc(O)cc1)c1cc(Cl)ccc1O. The highest BCUT2D eigenvalue weighted by Gasteiger charge is 2.10. The quantitative estimate of drug-likeness (QED) is 0.600. The van der Waals surface area contributed by atoms with E-state index in [2.05, 4.69) is 10.5 Å². The van der Waals surface area contributed by atoms with Crippen molar-refractivity contribution in [3.8, 4) is 11.5 Å². The van der Waals surface area contributed by atoms with Gasteiger partial charge in [0.15, 0.2) is 0 Å². The van der Waals surface area contributed by atoms with Crippen LogP contribution in [-0.2, 0) is 0 Å². The number of carbonyl (C=O) groups is 1. The van der Waals surface area contributed by atoms with Gasteiger partial charge in [-0.05, 0) is 48.0 Å². The van der Waals surface area contributed by atoms with E-state index in [-0.39, 0.29) is 17.1 Å². The number of rotatable bonds is 3. The molecule has 20 heavy (non-hydrogen) atoms. The second-order valence-corrected chi connectivity index (χ2v) is 4.39. The summed E-state index contributed by atoms with van der Waals surface area (Å²) in [4.78, 5) is 11.8. The van der Waals surface area contributed by atoms with Crippen LogP contribution in [0.15, 0.2) is 47.6 Å². The van der Waals surface area contributed by atoms with E-state index in [0.29, 0.717) is 10.6 Å². The van der Waals surface area contributed by atoms with E-state index in [1.165, 1.54) is 36.5 Å². The van der Waals surface area contributed by atoms with Gasteiger partial charge in [-0.2, -0.15) is 5.10 Å². The Morgan fingerprint density at radius 2 is 1.85 bits per heavy atom. The highest BCUT2D eigenvalue weighted by Crippen LogP contribution is 2.21. The molecular formula is C14H11ClN2O3. The van der Waals surface area contributed by atoms with E-state index >= 15 is 0 Å². The number of phenolic OH excluding ortho intramolecular Hbond substituents is 2. The van der Waals surface area contributed by atoms with Gasteiger partial charge in [-0.1, -0.05) is 11.6 Å². The van der Waals surface area contributed by atoms with Gasteiger partial charge < -0.3 is 10.2 Å². The van der Waals surface area contributed by atoms with Crippen LogP contribution in [-0.4, -0.2) is 22.3 Å². The second kappa shape index (κ2) is 6.08. The molecule has 6 heteroatoms. The minimum Gasteiger partial charge on any atom is -0.508 e. The van der Waals surface area contributed by atoms with Crippen LogP contribution in [0.4, 0.5) is 0 Å². The average Bonchev–Trinajstić information content (AvgIpc) is 2.43. The van der Waals surface area contributed by atoms with Gasteiger partial charge in [0.2, 0.25) is 0 Å². The molecule has 3 N–H and O–H groups in total. The maximum Gasteiger partial charge on any atom is 0.275 e. The van der Waals surface area contributed by atoms with Crippen molar-refractivity contribution in [2.45, 2.75) is 0 Å². The zero-order valence-corrected chi connectivity index (χ0v) is 11.0. The topological polar surface area (TPSA) is 81.9 Å². The molecule has 0 aliphatic rings. The smallest absolute Gasteiger partial charge is 0.275 e. The summed E-state index contributed by atoms with van der Waals surface area (Å²) in [5.74, 6) is -0.596. The summed E-state index contributed by atoms with van der Waals surface area (Å²) in [5.41, 5.74) is 3.03. The highest BCUT2D eigenvalue weighted by atomic mass is 35.5. The lowest BCUT2D eigenvalue weighted by atomic mass is 10.2. The Hall–Kier alpha value is -2.53. The molecule has 2 rings (SSSR count). The first-order valence-electron chi connectivity index (χ1n) is 5.67. The number of benzene rings is 2. The largest absolute Gasteiger partial charge is 0.508 e.